The molecule has 0 unspecified atom stereocenters. The molecule has 7 heterocycles. The number of ether oxygens (including phenoxy) is 4. The molecule has 3 N–H and O–H groups in total. The predicted octanol–water partition coefficient (Wildman–Crippen LogP) is 4.82. The van der Waals surface area contributed by atoms with Gasteiger partial charge < -0.3 is 34.1 Å². The quantitative estimate of drug-likeness (QED) is 0.278. The summed E-state index contributed by atoms with van der Waals surface area (Å²) in [4.78, 5) is 39.4. The van der Waals surface area contributed by atoms with Gasteiger partial charge in [0.1, 0.15) is 18.4 Å². The van der Waals surface area contributed by atoms with Crippen molar-refractivity contribution in [2.45, 2.75) is 77.6 Å². The van der Waals surface area contributed by atoms with Gasteiger partial charge in [0.15, 0.2) is 0 Å². The van der Waals surface area contributed by atoms with E-state index in [1.165, 1.54) is 16.3 Å². The number of pyridine rings is 1. The molecular formula is C39H49N7O6S. The van der Waals surface area contributed by atoms with Crippen molar-refractivity contribution in [1.29, 1.82) is 0 Å². The first-order valence-corrected chi connectivity index (χ1v) is 19.5. The maximum atomic E-state index is 13.6. The fraction of sp³-hybridized carbons (Fsp3) is 0.538. The zero-order valence-electron chi connectivity index (χ0n) is 31.1. The van der Waals surface area contributed by atoms with E-state index in [1.807, 2.05) is 18.5 Å². The van der Waals surface area contributed by atoms with Crippen molar-refractivity contribution in [3.63, 3.8) is 0 Å². The Bertz CT molecular complexity index is 2040. The number of carbonyl (C=O) groups excluding carboxylic acids is 2. The number of methoxy groups -OCH3 is 1. The topological polar surface area (TPSA) is 146 Å². The lowest BCUT2D eigenvalue weighted by Crippen LogP contribution is -2.59. The molecule has 13 nitrogen and oxygen atoms in total. The second-order valence-corrected chi connectivity index (χ2v) is 16.5. The summed E-state index contributed by atoms with van der Waals surface area (Å²) in [5, 5.41) is 5.33. The number of cyclic esters (lactones) is 1. The van der Waals surface area contributed by atoms with E-state index in [4.69, 9.17) is 34.6 Å². The number of thiazole rings is 1. The van der Waals surface area contributed by atoms with Crippen LogP contribution in [0.3, 0.4) is 0 Å². The number of hydrogen-bond acceptors (Lipinski definition) is 12. The van der Waals surface area contributed by atoms with Crippen molar-refractivity contribution < 1.29 is 28.5 Å². The summed E-state index contributed by atoms with van der Waals surface area (Å²) in [6.07, 6.45) is 3.80. The summed E-state index contributed by atoms with van der Waals surface area (Å²) in [7, 11) is 1.72. The van der Waals surface area contributed by atoms with E-state index in [-0.39, 0.29) is 37.0 Å². The molecule has 53 heavy (non-hydrogen) atoms. The fourth-order valence-electron chi connectivity index (χ4n) is 8.03. The third kappa shape index (κ3) is 6.80. The smallest absolute Gasteiger partial charge is 0.324 e. The molecule has 3 aromatic heterocycles. The summed E-state index contributed by atoms with van der Waals surface area (Å²) in [5.74, 6) is 0.149. The van der Waals surface area contributed by atoms with Gasteiger partial charge in [0.2, 0.25) is 0 Å². The maximum Gasteiger partial charge on any atom is 0.324 e. The monoisotopic (exact) mass is 743 g/mol. The zero-order valence-corrected chi connectivity index (χ0v) is 32.0. The van der Waals surface area contributed by atoms with Crippen molar-refractivity contribution >= 4 is 39.8 Å². The van der Waals surface area contributed by atoms with Crippen LogP contribution in [0.2, 0.25) is 0 Å². The van der Waals surface area contributed by atoms with Crippen LogP contribution >= 0.6 is 11.3 Å². The van der Waals surface area contributed by atoms with Gasteiger partial charge in [-0.2, -0.15) is 0 Å². The molecule has 4 aliphatic rings. The molecule has 4 aliphatic heterocycles. The lowest BCUT2D eigenvalue weighted by atomic mass is 9.84. The molecule has 8 rings (SSSR count). The number of fused-ring (bicyclic) bond motifs is 6. The highest BCUT2D eigenvalue weighted by atomic mass is 32.1. The molecule has 14 heteroatoms. The highest BCUT2D eigenvalue weighted by Gasteiger charge is 2.36. The summed E-state index contributed by atoms with van der Waals surface area (Å²) in [5.41, 5.74) is 16.9. The van der Waals surface area contributed by atoms with E-state index in [9.17, 15) is 9.59 Å². The molecule has 1 aromatic carbocycles. The van der Waals surface area contributed by atoms with E-state index in [2.05, 4.69) is 53.9 Å². The standard InChI is InChI=1S/C39H49N7O6S/c1-22-19-51-32-14-24-13-26-28(35(46(22)36(26)32)27-15-25(44-9-11-50-12-10-44)18-41-34(27)23(2)49-5)17-39(3,4)21-52-38(48)30-7-6-8-45(43-30)37(47)29(40)16-33-42-31(24)20-53-33/h13-15,18,20,22-23,29-30,43H,6-12,16-17,19,21,40H2,1-5H3/t22-,23-,29-,30-/m0/s1. The molecule has 1 amide bonds. The third-order valence-corrected chi connectivity index (χ3v) is 11.8. The van der Waals surface area contributed by atoms with Crippen LogP contribution in [0.25, 0.3) is 33.4 Å². The molecule has 4 aromatic rings. The first-order chi connectivity index (χ1) is 25.5. The molecule has 2 saturated heterocycles. The molecular weight excluding hydrogens is 695 g/mol. The van der Waals surface area contributed by atoms with E-state index in [0.717, 1.165) is 74.2 Å². The van der Waals surface area contributed by atoms with Crippen LogP contribution in [0.5, 0.6) is 5.75 Å². The van der Waals surface area contributed by atoms with Crippen LogP contribution < -0.4 is 20.8 Å². The first kappa shape index (κ1) is 35.9. The number of nitrogens with zero attached hydrogens (tertiary/aromatic N) is 5. The number of nitrogens with two attached hydrogens (primary N) is 1. The van der Waals surface area contributed by atoms with Gasteiger partial charge in [-0.1, -0.05) is 13.8 Å². The number of benzene rings is 1. The summed E-state index contributed by atoms with van der Waals surface area (Å²) in [6.45, 7) is 12.5. The van der Waals surface area contributed by atoms with Crippen LogP contribution in [-0.4, -0.2) is 96.7 Å². The number of hydrogen-bond donors (Lipinski definition) is 2. The Hall–Kier alpha value is -4.08. The highest BCUT2D eigenvalue weighted by Crippen LogP contribution is 2.48. The lowest BCUT2D eigenvalue weighted by Gasteiger charge is -2.34. The number of hydrazine groups is 1. The normalized spacial score (nSPS) is 24.1. The van der Waals surface area contributed by atoms with Crippen LogP contribution in [0, 0.1) is 5.41 Å². The predicted molar refractivity (Wildman–Crippen MR) is 203 cm³/mol. The zero-order chi connectivity index (χ0) is 37.0. The van der Waals surface area contributed by atoms with Crippen molar-refractivity contribution in [2.24, 2.45) is 11.1 Å². The summed E-state index contributed by atoms with van der Waals surface area (Å²) < 4.78 is 26.6. The molecule has 6 bridgehead atoms. The average molecular weight is 744 g/mol. The van der Waals surface area contributed by atoms with E-state index in [0.29, 0.717) is 45.6 Å². The number of carbonyl (C=O) groups is 2. The Balaban J connectivity index is 1.34. The molecule has 0 spiro atoms. The Labute approximate surface area is 313 Å². The Morgan fingerprint density at radius 2 is 1.94 bits per heavy atom. The number of nitrogens with one attached hydrogen (secondary N) is 1. The second-order valence-electron chi connectivity index (χ2n) is 15.5. The van der Waals surface area contributed by atoms with Crippen molar-refractivity contribution in [1.82, 2.24) is 25.0 Å². The number of morpholine rings is 1. The van der Waals surface area contributed by atoms with Gasteiger partial charge >= 0.3 is 5.97 Å². The molecule has 4 atom stereocenters. The van der Waals surface area contributed by atoms with Gasteiger partial charge in [-0.3, -0.25) is 19.6 Å². The number of amides is 1. The second kappa shape index (κ2) is 14.3. The van der Waals surface area contributed by atoms with Crippen molar-refractivity contribution in [3.05, 3.63) is 46.0 Å². The number of esters is 1. The SMILES string of the molecule is CO[C@@H](C)c1ncc(N2CCOCC2)cc1-c1c2c3cc(cc4c3n1[C@@H](C)CO4)-c1csc(n1)C[C@H](N)C(=O)N1CCC[C@H](N1)C(=O)OCC(C)(C)C2. The minimum absolute atomic E-state index is 0.0186. The largest absolute Gasteiger partial charge is 0.489 e. The minimum Gasteiger partial charge on any atom is -0.489 e. The molecule has 282 valence electrons. The third-order valence-electron chi connectivity index (χ3n) is 10.9. The van der Waals surface area contributed by atoms with Gasteiger partial charge in [-0.05, 0) is 56.9 Å². The molecule has 2 fully saturated rings. The summed E-state index contributed by atoms with van der Waals surface area (Å²) in [6, 6.07) is 5.12. The van der Waals surface area contributed by atoms with E-state index >= 15 is 0 Å². The van der Waals surface area contributed by atoms with Crippen molar-refractivity contribution in [3.8, 4) is 28.3 Å². The highest BCUT2D eigenvalue weighted by molar-refractivity contribution is 7.10. The van der Waals surface area contributed by atoms with Gasteiger partial charge in [-0.15, -0.1) is 11.3 Å². The number of rotatable bonds is 4. The average Bonchev–Trinajstić information content (AvgIpc) is 3.77. The lowest BCUT2D eigenvalue weighted by molar-refractivity contribution is -0.154. The number of aromatic nitrogens is 3. The minimum atomic E-state index is -0.809. The first-order valence-electron chi connectivity index (χ1n) is 18.7. The van der Waals surface area contributed by atoms with E-state index in [1.54, 1.807) is 7.11 Å². The van der Waals surface area contributed by atoms with Crippen LogP contribution in [0.4, 0.5) is 5.69 Å². The Morgan fingerprint density at radius 1 is 1.13 bits per heavy atom. The van der Waals surface area contributed by atoms with Crippen LogP contribution in [0.1, 0.15) is 68.9 Å². The van der Waals surface area contributed by atoms with Gasteiger partial charge in [0.25, 0.3) is 5.91 Å². The fourth-order valence-corrected chi connectivity index (χ4v) is 8.90. The number of anilines is 1. The Morgan fingerprint density at radius 3 is 2.74 bits per heavy atom. The van der Waals surface area contributed by atoms with E-state index < -0.39 is 17.5 Å². The van der Waals surface area contributed by atoms with Gasteiger partial charge in [0, 0.05) is 60.5 Å². The molecule has 0 radical (unpaired) electrons. The molecule has 0 aliphatic carbocycles. The van der Waals surface area contributed by atoms with Gasteiger partial charge in [-0.25, -0.2) is 10.4 Å². The van der Waals surface area contributed by atoms with Crippen molar-refractivity contribution in [2.75, 3.05) is 58.1 Å². The van der Waals surface area contributed by atoms with Crippen LogP contribution in [-0.2, 0) is 36.6 Å². The summed E-state index contributed by atoms with van der Waals surface area (Å²) >= 11 is 1.49. The maximum absolute atomic E-state index is 13.6. The molecule has 0 saturated carbocycles. The Kier molecular flexibility index (Phi) is 9.69. The van der Waals surface area contributed by atoms with Crippen LogP contribution in [0.15, 0.2) is 29.8 Å². The van der Waals surface area contributed by atoms with Gasteiger partial charge in [0.05, 0.1) is 77.5 Å².